The SMILES string of the molecule is COc1ccc(C(=O)NC(=S)Nc2ccc(N3CCCCC3)c(Cl)c2)cc1Cl. The summed E-state index contributed by atoms with van der Waals surface area (Å²) in [7, 11) is 1.52. The Kier molecular flexibility index (Phi) is 6.99. The van der Waals surface area contributed by atoms with E-state index in [1.165, 1.54) is 32.4 Å². The van der Waals surface area contributed by atoms with Crippen LogP contribution in [0.1, 0.15) is 29.6 Å². The van der Waals surface area contributed by atoms with E-state index in [0.717, 1.165) is 18.8 Å². The smallest absolute Gasteiger partial charge is 0.257 e. The van der Waals surface area contributed by atoms with Crippen LogP contribution in [0.2, 0.25) is 10.0 Å². The van der Waals surface area contributed by atoms with Gasteiger partial charge in [0.15, 0.2) is 5.11 Å². The largest absolute Gasteiger partial charge is 0.495 e. The lowest BCUT2D eigenvalue weighted by molar-refractivity contribution is 0.0977. The maximum absolute atomic E-state index is 12.4. The van der Waals surface area contributed by atoms with Crippen LogP contribution in [-0.2, 0) is 0 Å². The summed E-state index contributed by atoms with van der Waals surface area (Å²) in [6, 6.07) is 10.5. The summed E-state index contributed by atoms with van der Waals surface area (Å²) in [6.07, 6.45) is 3.63. The number of halogens is 2. The van der Waals surface area contributed by atoms with Crippen molar-refractivity contribution in [2.45, 2.75) is 19.3 Å². The second kappa shape index (κ2) is 9.45. The number of nitrogens with zero attached hydrogens (tertiary/aromatic N) is 1. The van der Waals surface area contributed by atoms with Crippen LogP contribution in [0.3, 0.4) is 0 Å². The average Bonchev–Trinajstić information content (AvgIpc) is 2.68. The van der Waals surface area contributed by atoms with Gasteiger partial charge in [0.2, 0.25) is 0 Å². The van der Waals surface area contributed by atoms with Gasteiger partial charge in [-0.15, -0.1) is 0 Å². The fourth-order valence-electron chi connectivity index (χ4n) is 3.12. The molecule has 1 aliphatic rings. The molecule has 5 nitrogen and oxygen atoms in total. The normalized spacial score (nSPS) is 13.8. The number of nitrogens with one attached hydrogen (secondary N) is 2. The first-order valence-electron chi connectivity index (χ1n) is 8.98. The topological polar surface area (TPSA) is 53.6 Å². The van der Waals surface area contributed by atoms with Crippen LogP contribution in [0.15, 0.2) is 36.4 Å². The molecule has 28 heavy (non-hydrogen) atoms. The Balaban J connectivity index is 1.62. The van der Waals surface area contributed by atoms with Crippen molar-refractivity contribution in [2.75, 3.05) is 30.4 Å². The molecule has 8 heteroatoms. The Morgan fingerprint density at radius 1 is 1.07 bits per heavy atom. The summed E-state index contributed by atoms with van der Waals surface area (Å²) < 4.78 is 5.09. The fourth-order valence-corrected chi connectivity index (χ4v) is 3.89. The Morgan fingerprint density at radius 3 is 2.46 bits per heavy atom. The predicted molar refractivity (Wildman–Crippen MR) is 119 cm³/mol. The van der Waals surface area contributed by atoms with Gasteiger partial charge in [-0.2, -0.15) is 0 Å². The molecule has 0 spiro atoms. The quantitative estimate of drug-likeness (QED) is 0.650. The number of hydrogen-bond donors (Lipinski definition) is 2. The highest BCUT2D eigenvalue weighted by Gasteiger charge is 2.15. The number of thiocarbonyl (C=S) groups is 1. The van der Waals surface area contributed by atoms with Gasteiger partial charge >= 0.3 is 0 Å². The summed E-state index contributed by atoms with van der Waals surface area (Å²) in [4.78, 5) is 14.6. The van der Waals surface area contributed by atoms with E-state index >= 15 is 0 Å². The number of benzene rings is 2. The average molecular weight is 438 g/mol. The lowest BCUT2D eigenvalue weighted by Crippen LogP contribution is -2.34. The van der Waals surface area contributed by atoms with Gasteiger partial charge in [-0.25, -0.2) is 0 Å². The van der Waals surface area contributed by atoms with Crippen molar-refractivity contribution in [1.29, 1.82) is 0 Å². The third-order valence-electron chi connectivity index (χ3n) is 4.54. The number of hydrogen-bond acceptors (Lipinski definition) is 4. The van der Waals surface area contributed by atoms with Crippen LogP contribution in [0, 0.1) is 0 Å². The molecule has 0 bridgehead atoms. The van der Waals surface area contributed by atoms with Crippen LogP contribution in [0.4, 0.5) is 11.4 Å². The van der Waals surface area contributed by atoms with Crippen molar-refractivity contribution in [1.82, 2.24) is 5.32 Å². The van der Waals surface area contributed by atoms with E-state index in [-0.39, 0.29) is 11.0 Å². The van der Waals surface area contributed by atoms with E-state index in [4.69, 9.17) is 40.2 Å². The van der Waals surface area contributed by atoms with Crippen molar-refractivity contribution in [3.8, 4) is 5.75 Å². The molecule has 0 aromatic heterocycles. The highest BCUT2D eigenvalue weighted by Crippen LogP contribution is 2.31. The molecule has 1 heterocycles. The van der Waals surface area contributed by atoms with Crippen LogP contribution >= 0.6 is 35.4 Å². The monoisotopic (exact) mass is 437 g/mol. The third-order valence-corrected chi connectivity index (χ3v) is 5.35. The maximum Gasteiger partial charge on any atom is 0.257 e. The Bertz CT molecular complexity index is 886. The molecule has 148 valence electrons. The highest BCUT2D eigenvalue weighted by atomic mass is 35.5. The van der Waals surface area contributed by atoms with E-state index in [1.54, 1.807) is 12.1 Å². The lowest BCUT2D eigenvalue weighted by atomic mass is 10.1. The third kappa shape index (κ3) is 5.07. The Labute approximate surface area is 180 Å². The molecule has 1 saturated heterocycles. The second-order valence-electron chi connectivity index (χ2n) is 6.47. The molecular formula is C20H21Cl2N3O2S. The van der Waals surface area contributed by atoms with E-state index < -0.39 is 0 Å². The first-order chi connectivity index (χ1) is 13.5. The van der Waals surface area contributed by atoms with Gasteiger partial charge in [-0.05, 0) is 67.9 Å². The summed E-state index contributed by atoms with van der Waals surface area (Å²) in [5.41, 5.74) is 2.12. The number of anilines is 2. The first kappa shape index (κ1) is 20.7. The number of carbonyl (C=O) groups excluding carboxylic acids is 1. The van der Waals surface area contributed by atoms with Gasteiger partial charge in [0.1, 0.15) is 5.75 Å². The molecule has 3 rings (SSSR count). The number of piperidine rings is 1. The summed E-state index contributed by atoms with van der Waals surface area (Å²) >= 11 is 17.8. The number of methoxy groups -OCH3 is 1. The van der Waals surface area contributed by atoms with Gasteiger partial charge < -0.3 is 15.0 Å². The van der Waals surface area contributed by atoms with Crippen LogP contribution < -0.4 is 20.3 Å². The first-order valence-corrected chi connectivity index (χ1v) is 10.1. The van der Waals surface area contributed by atoms with Crippen molar-refractivity contribution < 1.29 is 9.53 Å². The molecule has 2 aromatic carbocycles. The minimum atomic E-state index is -0.363. The van der Waals surface area contributed by atoms with Crippen LogP contribution in [-0.4, -0.2) is 31.2 Å². The Hall–Kier alpha value is -2.02. The zero-order chi connectivity index (χ0) is 20.1. The number of rotatable bonds is 4. The molecule has 1 amide bonds. The van der Waals surface area contributed by atoms with E-state index in [0.29, 0.717) is 27.0 Å². The summed E-state index contributed by atoms with van der Waals surface area (Å²) in [5.74, 6) is 0.139. The molecule has 0 aliphatic carbocycles. The van der Waals surface area contributed by atoms with E-state index in [9.17, 15) is 4.79 Å². The van der Waals surface area contributed by atoms with E-state index in [1.807, 2.05) is 18.2 Å². The van der Waals surface area contributed by atoms with Crippen molar-refractivity contribution in [2.24, 2.45) is 0 Å². The van der Waals surface area contributed by atoms with E-state index in [2.05, 4.69) is 15.5 Å². The minimum Gasteiger partial charge on any atom is -0.495 e. The number of amides is 1. The Morgan fingerprint density at radius 2 is 1.82 bits per heavy atom. The zero-order valence-corrected chi connectivity index (χ0v) is 17.8. The molecule has 1 aliphatic heterocycles. The molecule has 0 saturated carbocycles. The van der Waals surface area contributed by atoms with Crippen molar-refractivity contribution in [3.63, 3.8) is 0 Å². The number of carbonyl (C=O) groups is 1. The molecular weight excluding hydrogens is 417 g/mol. The summed E-state index contributed by atoms with van der Waals surface area (Å²) in [5, 5.41) is 6.82. The lowest BCUT2D eigenvalue weighted by Gasteiger charge is -2.29. The van der Waals surface area contributed by atoms with Crippen LogP contribution in [0.25, 0.3) is 0 Å². The predicted octanol–water partition coefficient (Wildman–Crippen LogP) is 5.12. The standard InChI is InChI=1S/C20H21Cl2N3O2S/c1-27-18-8-5-13(11-16(18)22)19(26)24-20(28)23-14-6-7-17(15(21)12-14)25-9-3-2-4-10-25/h5-8,11-12H,2-4,9-10H2,1H3,(H2,23,24,26,28). The van der Waals surface area contributed by atoms with Gasteiger partial charge in [-0.1, -0.05) is 23.2 Å². The van der Waals surface area contributed by atoms with Gasteiger partial charge in [0.05, 0.1) is 22.8 Å². The second-order valence-corrected chi connectivity index (χ2v) is 7.69. The summed E-state index contributed by atoms with van der Waals surface area (Å²) in [6.45, 7) is 2.04. The van der Waals surface area contributed by atoms with Crippen molar-refractivity contribution >= 4 is 57.8 Å². The molecule has 0 atom stereocenters. The highest BCUT2D eigenvalue weighted by molar-refractivity contribution is 7.80. The van der Waals surface area contributed by atoms with Crippen LogP contribution in [0.5, 0.6) is 5.75 Å². The van der Waals surface area contributed by atoms with Gasteiger partial charge in [-0.3, -0.25) is 10.1 Å². The number of ether oxygens (including phenoxy) is 1. The zero-order valence-electron chi connectivity index (χ0n) is 15.4. The maximum atomic E-state index is 12.4. The molecule has 0 unspecified atom stereocenters. The molecule has 0 radical (unpaired) electrons. The minimum absolute atomic E-state index is 0.179. The van der Waals surface area contributed by atoms with Gasteiger partial charge in [0.25, 0.3) is 5.91 Å². The molecule has 2 N–H and O–H groups in total. The fraction of sp³-hybridized carbons (Fsp3) is 0.300. The van der Waals surface area contributed by atoms with Gasteiger partial charge in [0, 0.05) is 24.3 Å². The molecule has 2 aromatic rings. The molecule has 1 fully saturated rings. The van der Waals surface area contributed by atoms with Crippen molar-refractivity contribution in [3.05, 3.63) is 52.0 Å².